The summed E-state index contributed by atoms with van der Waals surface area (Å²) in [6.07, 6.45) is 4.44. The number of thioether (sulfide) groups is 1. The summed E-state index contributed by atoms with van der Waals surface area (Å²) in [5.74, 6) is 2.85. The summed E-state index contributed by atoms with van der Waals surface area (Å²) in [6.45, 7) is 0. The highest BCUT2D eigenvalue weighted by Crippen LogP contribution is 2.27. The van der Waals surface area contributed by atoms with Crippen molar-refractivity contribution in [2.75, 3.05) is 16.8 Å². The lowest BCUT2D eigenvalue weighted by molar-refractivity contribution is -0.117. The van der Waals surface area contributed by atoms with Crippen molar-refractivity contribution in [1.82, 2.24) is 4.98 Å². The van der Waals surface area contributed by atoms with Gasteiger partial charge in [-0.15, -0.1) is 0 Å². The summed E-state index contributed by atoms with van der Waals surface area (Å²) in [7, 11) is 0. The Bertz CT molecular complexity index is 438. The van der Waals surface area contributed by atoms with Crippen LogP contribution < -0.4 is 5.32 Å². The fraction of sp³-hybridized carbons (Fsp3) is 0.500. The highest BCUT2D eigenvalue weighted by atomic mass is 79.9. The zero-order valence-electron chi connectivity index (χ0n) is 9.79. The number of pyridine rings is 1. The summed E-state index contributed by atoms with van der Waals surface area (Å²) in [6, 6.07) is 1.77. The molecule has 0 spiro atoms. The molecular formula is C12H14BrClN2OS. The number of rotatable bonds is 3. The number of amides is 1. The summed E-state index contributed by atoms with van der Waals surface area (Å²) in [4.78, 5) is 15.9. The van der Waals surface area contributed by atoms with Crippen molar-refractivity contribution in [1.29, 1.82) is 0 Å². The summed E-state index contributed by atoms with van der Waals surface area (Å²) >= 11 is 11.2. The molecule has 0 atom stereocenters. The molecule has 1 aliphatic rings. The van der Waals surface area contributed by atoms with E-state index >= 15 is 0 Å². The molecule has 1 aliphatic heterocycles. The number of nitrogens with one attached hydrogen (secondary N) is 1. The summed E-state index contributed by atoms with van der Waals surface area (Å²) in [5.41, 5.74) is 0.571. The number of nitrogens with zero attached hydrogens (tertiary/aromatic N) is 1. The van der Waals surface area contributed by atoms with Gasteiger partial charge in [0.25, 0.3) is 0 Å². The molecule has 0 radical (unpaired) electrons. The van der Waals surface area contributed by atoms with Gasteiger partial charge in [-0.25, -0.2) is 4.98 Å². The van der Waals surface area contributed by atoms with E-state index in [2.05, 4.69) is 26.2 Å². The van der Waals surface area contributed by atoms with Crippen LogP contribution in [0.4, 0.5) is 5.69 Å². The smallest absolute Gasteiger partial charge is 0.224 e. The van der Waals surface area contributed by atoms with Crippen LogP contribution in [-0.2, 0) is 4.79 Å². The van der Waals surface area contributed by atoms with E-state index in [1.807, 2.05) is 11.8 Å². The molecule has 2 rings (SSSR count). The van der Waals surface area contributed by atoms with Gasteiger partial charge in [0.1, 0.15) is 0 Å². The van der Waals surface area contributed by atoms with Crippen molar-refractivity contribution in [3.8, 4) is 0 Å². The normalized spacial score (nSPS) is 16.6. The first-order valence-corrected chi connectivity index (χ1v) is 8.16. The van der Waals surface area contributed by atoms with Gasteiger partial charge in [0.15, 0.2) is 5.15 Å². The van der Waals surface area contributed by atoms with E-state index in [-0.39, 0.29) is 5.91 Å². The van der Waals surface area contributed by atoms with E-state index in [4.69, 9.17) is 11.6 Å². The Hall–Kier alpha value is -0.260. The SMILES string of the molecule is O=C(CC1CCSCC1)Nc1cc(Br)cnc1Cl. The average molecular weight is 350 g/mol. The number of anilines is 1. The van der Waals surface area contributed by atoms with Crippen LogP contribution in [0.1, 0.15) is 19.3 Å². The lowest BCUT2D eigenvalue weighted by atomic mass is 9.98. The quantitative estimate of drug-likeness (QED) is 0.840. The number of hydrogen-bond donors (Lipinski definition) is 1. The standard InChI is InChI=1S/C12H14BrClN2OS/c13-9-6-10(12(14)15-7-9)16-11(17)5-8-1-3-18-4-2-8/h6-8H,1-5H2,(H,16,17). The Kier molecular flexibility index (Phi) is 5.33. The molecular weight excluding hydrogens is 336 g/mol. The highest BCUT2D eigenvalue weighted by molar-refractivity contribution is 9.10. The number of carbonyl (C=O) groups is 1. The Balaban J connectivity index is 1.92. The number of carbonyl (C=O) groups excluding carboxylic acids is 1. The molecule has 1 fully saturated rings. The van der Waals surface area contributed by atoms with E-state index < -0.39 is 0 Å². The fourth-order valence-electron chi connectivity index (χ4n) is 1.92. The monoisotopic (exact) mass is 348 g/mol. The third-order valence-corrected chi connectivity index (χ3v) is 4.68. The lowest BCUT2D eigenvalue weighted by Gasteiger charge is -2.20. The van der Waals surface area contributed by atoms with E-state index in [1.165, 1.54) is 0 Å². The molecule has 1 amide bonds. The third-order valence-electron chi connectivity index (χ3n) is 2.89. The number of halogens is 2. The third kappa shape index (κ3) is 4.14. The first kappa shape index (κ1) is 14.2. The maximum atomic E-state index is 11.9. The highest BCUT2D eigenvalue weighted by Gasteiger charge is 2.18. The van der Waals surface area contributed by atoms with Crippen LogP contribution in [0, 0.1) is 5.92 Å². The van der Waals surface area contributed by atoms with Crippen LogP contribution in [0.5, 0.6) is 0 Å². The molecule has 0 saturated carbocycles. The second-order valence-electron chi connectivity index (χ2n) is 4.30. The maximum Gasteiger partial charge on any atom is 0.224 e. The Morgan fingerprint density at radius 2 is 2.28 bits per heavy atom. The molecule has 1 aromatic heterocycles. The maximum absolute atomic E-state index is 11.9. The van der Waals surface area contributed by atoms with Crippen LogP contribution in [0.3, 0.4) is 0 Å². The second-order valence-corrected chi connectivity index (χ2v) is 6.80. The van der Waals surface area contributed by atoms with Crippen molar-refractivity contribution >= 4 is 50.9 Å². The summed E-state index contributed by atoms with van der Waals surface area (Å²) < 4.78 is 0.802. The van der Waals surface area contributed by atoms with Crippen molar-refractivity contribution in [2.24, 2.45) is 5.92 Å². The van der Waals surface area contributed by atoms with Crippen LogP contribution in [0.25, 0.3) is 0 Å². The molecule has 98 valence electrons. The Labute approximate surface area is 124 Å². The van der Waals surface area contributed by atoms with Crippen LogP contribution in [0.2, 0.25) is 5.15 Å². The van der Waals surface area contributed by atoms with Gasteiger partial charge in [-0.3, -0.25) is 4.79 Å². The molecule has 1 aromatic rings. The molecule has 0 bridgehead atoms. The molecule has 1 saturated heterocycles. The fourth-order valence-corrected chi connectivity index (χ4v) is 3.61. The van der Waals surface area contributed by atoms with Crippen molar-refractivity contribution in [3.63, 3.8) is 0 Å². The Morgan fingerprint density at radius 1 is 1.56 bits per heavy atom. The second kappa shape index (κ2) is 6.78. The van der Waals surface area contributed by atoms with E-state index in [0.29, 0.717) is 23.2 Å². The van der Waals surface area contributed by atoms with Gasteiger partial charge in [-0.1, -0.05) is 11.6 Å². The van der Waals surface area contributed by atoms with Crippen LogP contribution in [0.15, 0.2) is 16.7 Å². The van der Waals surface area contributed by atoms with Gasteiger partial charge < -0.3 is 5.32 Å². The van der Waals surface area contributed by atoms with Gasteiger partial charge in [0.2, 0.25) is 5.91 Å². The minimum absolute atomic E-state index is 0.0219. The predicted octanol–water partition coefficient (Wildman–Crippen LogP) is 3.97. The van der Waals surface area contributed by atoms with E-state index in [0.717, 1.165) is 28.8 Å². The number of aromatic nitrogens is 1. The summed E-state index contributed by atoms with van der Waals surface area (Å²) in [5, 5.41) is 3.15. The largest absolute Gasteiger partial charge is 0.323 e. The molecule has 3 nitrogen and oxygen atoms in total. The number of hydrogen-bond acceptors (Lipinski definition) is 3. The topological polar surface area (TPSA) is 42.0 Å². The van der Waals surface area contributed by atoms with Gasteiger partial charge in [0.05, 0.1) is 5.69 Å². The van der Waals surface area contributed by atoms with Gasteiger partial charge >= 0.3 is 0 Å². The van der Waals surface area contributed by atoms with Crippen molar-refractivity contribution in [3.05, 3.63) is 21.9 Å². The van der Waals surface area contributed by atoms with Crippen LogP contribution in [-0.4, -0.2) is 22.4 Å². The first-order chi connectivity index (χ1) is 8.65. The van der Waals surface area contributed by atoms with Gasteiger partial charge in [-0.2, -0.15) is 11.8 Å². The van der Waals surface area contributed by atoms with Crippen molar-refractivity contribution in [2.45, 2.75) is 19.3 Å². The minimum Gasteiger partial charge on any atom is -0.323 e. The molecule has 0 aromatic carbocycles. The first-order valence-electron chi connectivity index (χ1n) is 5.84. The zero-order chi connectivity index (χ0) is 13.0. The minimum atomic E-state index is 0.0219. The van der Waals surface area contributed by atoms with E-state index in [9.17, 15) is 4.79 Å². The molecule has 1 N–H and O–H groups in total. The molecule has 0 aliphatic carbocycles. The van der Waals surface area contributed by atoms with Crippen molar-refractivity contribution < 1.29 is 4.79 Å². The zero-order valence-corrected chi connectivity index (χ0v) is 12.9. The van der Waals surface area contributed by atoms with Gasteiger partial charge in [0, 0.05) is 17.1 Å². The van der Waals surface area contributed by atoms with E-state index in [1.54, 1.807) is 12.3 Å². The Morgan fingerprint density at radius 3 is 3.00 bits per heavy atom. The molecule has 6 heteroatoms. The van der Waals surface area contributed by atoms with Crippen LogP contribution >= 0.6 is 39.3 Å². The van der Waals surface area contributed by atoms with Gasteiger partial charge in [-0.05, 0) is 52.3 Å². The molecule has 18 heavy (non-hydrogen) atoms. The molecule has 0 unspecified atom stereocenters. The predicted molar refractivity (Wildman–Crippen MR) is 80.2 cm³/mol. The molecule has 2 heterocycles. The average Bonchev–Trinajstić information content (AvgIpc) is 2.35. The lowest BCUT2D eigenvalue weighted by Crippen LogP contribution is -2.19.